The smallest absolute Gasteiger partial charge is 0.362 e. The van der Waals surface area contributed by atoms with Crippen molar-refractivity contribution in [1.29, 1.82) is 0 Å². The zero-order valence-electron chi connectivity index (χ0n) is 16.0. The molecule has 0 aliphatic heterocycles. The quantitative estimate of drug-likeness (QED) is 0.600. The number of benzene rings is 2. The summed E-state index contributed by atoms with van der Waals surface area (Å²) in [6, 6.07) is 14.8. The number of ether oxygens (including phenoxy) is 2. The van der Waals surface area contributed by atoms with Gasteiger partial charge in [0.2, 0.25) is 5.69 Å². The van der Waals surface area contributed by atoms with Gasteiger partial charge in [-0.1, -0.05) is 18.2 Å². The van der Waals surface area contributed by atoms with E-state index in [9.17, 15) is 18.8 Å². The number of aromatic nitrogens is 2. The van der Waals surface area contributed by atoms with Gasteiger partial charge in [-0.2, -0.15) is 9.78 Å². The predicted octanol–water partition coefficient (Wildman–Crippen LogP) is 2.57. The van der Waals surface area contributed by atoms with Crippen molar-refractivity contribution < 1.29 is 23.5 Å². The minimum atomic E-state index is -0.795. The van der Waals surface area contributed by atoms with Gasteiger partial charge in [-0.15, -0.1) is 0 Å². The number of hydrogen-bond donors (Lipinski definition) is 1. The minimum Gasteiger partial charge on any atom is -0.481 e. The summed E-state index contributed by atoms with van der Waals surface area (Å²) in [6.45, 7) is 1.22. The lowest BCUT2D eigenvalue weighted by Gasteiger charge is -2.12. The molecule has 0 saturated heterocycles. The average Bonchev–Trinajstić information content (AvgIpc) is 2.74. The van der Waals surface area contributed by atoms with Gasteiger partial charge in [-0.05, 0) is 43.3 Å². The number of nitrogens with zero attached hydrogens (tertiary/aromatic N) is 2. The normalized spacial score (nSPS) is 10.3. The van der Waals surface area contributed by atoms with Gasteiger partial charge in [0, 0.05) is 5.69 Å². The molecule has 1 aromatic heterocycles. The van der Waals surface area contributed by atoms with Crippen molar-refractivity contribution in [2.45, 2.75) is 6.92 Å². The standard InChI is InChI=1S/C21H18FN3O5/c1-2-29-21(28)20-17(12-19(27)25(24-20)16-6-4-3-5-7-16)30-13-18(26)23-15-10-8-14(22)9-11-15/h3-12H,2,13H2,1H3,(H,23,26). The van der Waals surface area contributed by atoms with Crippen molar-refractivity contribution in [2.24, 2.45) is 0 Å². The minimum absolute atomic E-state index is 0.0927. The largest absolute Gasteiger partial charge is 0.481 e. The first kappa shape index (κ1) is 20.7. The second kappa shape index (κ2) is 9.46. The summed E-state index contributed by atoms with van der Waals surface area (Å²) < 4.78 is 24.3. The lowest BCUT2D eigenvalue weighted by atomic mass is 10.3. The van der Waals surface area contributed by atoms with Gasteiger partial charge < -0.3 is 14.8 Å². The Morgan fingerprint density at radius 2 is 1.80 bits per heavy atom. The van der Waals surface area contributed by atoms with Crippen LogP contribution in [0.25, 0.3) is 5.69 Å². The molecule has 154 valence electrons. The van der Waals surface area contributed by atoms with Crippen molar-refractivity contribution in [2.75, 3.05) is 18.5 Å². The fourth-order valence-corrected chi connectivity index (χ4v) is 2.52. The second-order valence-electron chi connectivity index (χ2n) is 6.01. The van der Waals surface area contributed by atoms with Gasteiger partial charge in [-0.25, -0.2) is 9.18 Å². The molecule has 0 unspecified atom stereocenters. The summed E-state index contributed by atoms with van der Waals surface area (Å²) in [6.07, 6.45) is 0. The Kier molecular flexibility index (Phi) is 6.53. The summed E-state index contributed by atoms with van der Waals surface area (Å²) in [7, 11) is 0. The molecular weight excluding hydrogens is 393 g/mol. The van der Waals surface area contributed by atoms with Gasteiger partial charge in [0.15, 0.2) is 12.4 Å². The van der Waals surface area contributed by atoms with E-state index in [1.807, 2.05) is 0 Å². The van der Waals surface area contributed by atoms with Gasteiger partial charge >= 0.3 is 5.97 Å². The molecule has 1 heterocycles. The van der Waals surface area contributed by atoms with Gasteiger partial charge in [0.1, 0.15) is 5.82 Å². The molecule has 1 N–H and O–H groups in total. The van der Waals surface area contributed by atoms with Crippen LogP contribution >= 0.6 is 0 Å². The van der Waals surface area contributed by atoms with Crippen LogP contribution in [0, 0.1) is 5.82 Å². The average molecular weight is 411 g/mol. The van der Waals surface area contributed by atoms with Crippen LogP contribution in [0.5, 0.6) is 5.75 Å². The van der Waals surface area contributed by atoms with Crippen LogP contribution in [0.2, 0.25) is 0 Å². The highest BCUT2D eigenvalue weighted by Crippen LogP contribution is 2.16. The summed E-state index contributed by atoms with van der Waals surface area (Å²) >= 11 is 0. The molecule has 0 bridgehead atoms. The first-order valence-corrected chi connectivity index (χ1v) is 9.03. The van der Waals surface area contributed by atoms with Crippen LogP contribution in [0.3, 0.4) is 0 Å². The molecule has 9 heteroatoms. The number of rotatable bonds is 7. The molecule has 0 spiro atoms. The maximum Gasteiger partial charge on any atom is 0.362 e. The molecule has 0 radical (unpaired) electrons. The summed E-state index contributed by atoms with van der Waals surface area (Å²) in [5.74, 6) is -1.98. The second-order valence-corrected chi connectivity index (χ2v) is 6.01. The van der Waals surface area contributed by atoms with Gasteiger partial charge in [-0.3, -0.25) is 9.59 Å². The van der Waals surface area contributed by atoms with E-state index in [-0.39, 0.29) is 18.1 Å². The Morgan fingerprint density at radius 1 is 1.10 bits per heavy atom. The zero-order chi connectivity index (χ0) is 21.5. The van der Waals surface area contributed by atoms with E-state index in [4.69, 9.17) is 9.47 Å². The number of amides is 1. The summed E-state index contributed by atoms with van der Waals surface area (Å²) in [5, 5.41) is 6.58. The number of hydrogen-bond acceptors (Lipinski definition) is 6. The summed E-state index contributed by atoms with van der Waals surface area (Å²) in [5.41, 5.74) is 0.0277. The van der Waals surface area contributed by atoms with Crippen molar-refractivity contribution in [1.82, 2.24) is 9.78 Å². The zero-order valence-corrected chi connectivity index (χ0v) is 16.0. The molecule has 0 saturated carbocycles. The maximum absolute atomic E-state index is 12.9. The predicted molar refractivity (Wildman–Crippen MR) is 106 cm³/mol. The highest BCUT2D eigenvalue weighted by molar-refractivity contribution is 5.93. The topological polar surface area (TPSA) is 99.5 Å². The molecule has 0 aliphatic rings. The van der Waals surface area contributed by atoms with Crippen LogP contribution in [0.4, 0.5) is 10.1 Å². The molecule has 3 aromatic rings. The monoisotopic (exact) mass is 411 g/mol. The van der Waals surface area contributed by atoms with Crippen LogP contribution in [-0.2, 0) is 9.53 Å². The van der Waals surface area contributed by atoms with Crippen molar-refractivity contribution in [3.8, 4) is 11.4 Å². The first-order valence-electron chi connectivity index (χ1n) is 9.03. The molecule has 0 fully saturated rings. The van der Waals surface area contributed by atoms with E-state index in [2.05, 4.69) is 10.4 Å². The number of nitrogens with one attached hydrogen (secondary N) is 1. The Hall–Kier alpha value is -4.01. The fourth-order valence-electron chi connectivity index (χ4n) is 2.52. The Bertz CT molecular complexity index is 1100. The molecule has 3 rings (SSSR count). The molecule has 2 aromatic carbocycles. The Balaban J connectivity index is 1.83. The van der Waals surface area contributed by atoms with E-state index in [0.717, 1.165) is 10.7 Å². The van der Waals surface area contributed by atoms with Crippen molar-refractivity contribution in [3.63, 3.8) is 0 Å². The van der Waals surface area contributed by atoms with Crippen LogP contribution < -0.4 is 15.6 Å². The van der Waals surface area contributed by atoms with E-state index in [0.29, 0.717) is 11.4 Å². The molecular formula is C21H18FN3O5. The van der Waals surface area contributed by atoms with E-state index < -0.39 is 29.9 Å². The number of halogens is 1. The molecule has 8 nitrogen and oxygen atoms in total. The van der Waals surface area contributed by atoms with Crippen LogP contribution in [-0.4, -0.2) is 34.9 Å². The van der Waals surface area contributed by atoms with Gasteiger partial charge in [0.05, 0.1) is 18.4 Å². The van der Waals surface area contributed by atoms with Crippen molar-refractivity contribution >= 4 is 17.6 Å². The highest BCUT2D eigenvalue weighted by atomic mass is 19.1. The third kappa shape index (κ3) is 5.07. The Morgan fingerprint density at radius 3 is 2.47 bits per heavy atom. The number of para-hydroxylation sites is 1. The third-order valence-electron chi connectivity index (χ3n) is 3.85. The molecule has 0 aliphatic carbocycles. The van der Waals surface area contributed by atoms with Crippen molar-refractivity contribution in [3.05, 3.63) is 82.5 Å². The third-order valence-corrected chi connectivity index (χ3v) is 3.85. The number of anilines is 1. The van der Waals surface area contributed by atoms with E-state index in [1.54, 1.807) is 37.3 Å². The van der Waals surface area contributed by atoms with E-state index in [1.165, 1.54) is 24.3 Å². The number of carbonyl (C=O) groups is 2. The van der Waals surface area contributed by atoms with Crippen LogP contribution in [0.15, 0.2) is 65.5 Å². The summed E-state index contributed by atoms with van der Waals surface area (Å²) in [4.78, 5) is 36.9. The van der Waals surface area contributed by atoms with Gasteiger partial charge in [0.25, 0.3) is 11.5 Å². The first-order chi connectivity index (χ1) is 14.5. The molecule has 0 atom stereocenters. The SMILES string of the molecule is CCOC(=O)c1nn(-c2ccccc2)c(=O)cc1OCC(=O)Nc1ccc(F)cc1. The highest BCUT2D eigenvalue weighted by Gasteiger charge is 2.20. The van der Waals surface area contributed by atoms with Crippen LogP contribution in [0.1, 0.15) is 17.4 Å². The number of carbonyl (C=O) groups excluding carboxylic acids is 2. The Labute approximate surface area is 170 Å². The lowest BCUT2D eigenvalue weighted by Crippen LogP contribution is -2.27. The molecule has 1 amide bonds. The maximum atomic E-state index is 12.9. The number of esters is 1. The lowest BCUT2D eigenvalue weighted by molar-refractivity contribution is -0.118. The van der Waals surface area contributed by atoms with E-state index >= 15 is 0 Å². The fraction of sp³-hybridized carbons (Fsp3) is 0.143. The molecule has 30 heavy (non-hydrogen) atoms.